The molecule has 3 rings (SSSR count). The average molecular weight is 602 g/mol. The molecule has 0 saturated heterocycles. The van der Waals surface area contributed by atoms with Crippen LogP contribution in [0.2, 0.25) is 0 Å². The van der Waals surface area contributed by atoms with Crippen LogP contribution in [0.15, 0.2) is 18.3 Å². The number of aliphatic carboxylic acids is 2. The van der Waals surface area contributed by atoms with Crippen molar-refractivity contribution in [3.63, 3.8) is 0 Å². The molecule has 43 heavy (non-hydrogen) atoms. The molecule has 0 saturated carbocycles. The van der Waals surface area contributed by atoms with Crippen molar-refractivity contribution in [3.05, 3.63) is 29.7 Å². The van der Waals surface area contributed by atoms with Gasteiger partial charge in [0.2, 0.25) is 17.7 Å². The second-order valence-electron chi connectivity index (χ2n) is 10.1. The predicted molar refractivity (Wildman–Crippen MR) is 147 cm³/mol. The van der Waals surface area contributed by atoms with Gasteiger partial charge in [-0.25, -0.2) is 4.98 Å². The van der Waals surface area contributed by atoms with Crippen LogP contribution in [-0.2, 0) is 41.6 Å². The number of anilines is 1. The zero-order valence-corrected chi connectivity index (χ0v) is 23.8. The SMILES string of the molecule is CC[C@H](C)[C@H](NC(=O)CCC(=O)O)C(=O)N[C@@H](CCC(=O)O)C(=O)N1c2ncccc2C[C@H]1C(=O)NCCc1nn[nH]n1. The Morgan fingerprint density at radius 1 is 1.09 bits per heavy atom. The molecule has 0 aromatic carbocycles. The van der Waals surface area contributed by atoms with Crippen molar-refractivity contribution in [1.29, 1.82) is 0 Å². The molecule has 0 radical (unpaired) electrons. The summed E-state index contributed by atoms with van der Waals surface area (Å²) < 4.78 is 0. The van der Waals surface area contributed by atoms with E-state index in [1.807, 2.05) is 0 Å². The number of hydrogen-bond donors (Lipinski definition) is 6. The molecule has 1 aliphatic heterocycles. The minimum Gasteiger partial charge on any atom is -0.481 e. The van der Waals surface area contributed by atoms with Crippen LogP contribution >= 0.6 is 0 Å². The van der Waals surface area contributed by atoms with E-state index in [0.29, 0.717) is 17.8 Å². The number of carboxylic acids is 2. The van der Waals surface area contributed by atoms with Gasteiger partial charge in [-0.3, -0.25) is 33.7 Å². The van der Waals surface area contributed by atoms with Crippen molar-refractivity contribution in [2.24, 2.45) is 5.92 Å². The molecule has 232 valence electrons. The summed E-state index contributed by atoms with van der Waals surface area (Å²) in [4.78, 5) is 80.8. The van der Waals surface area contributed by atoms with Gasteiger partial charge in [-0.05, 0) is 24.0 Å². The number of fused-ring (bicyclic) bond motifs is 1. The van der Waals surface area contributed by atoms with Crippen molar-refractivity contribution in [2.45, 2.75) is 76.9 Å². The third-order valence-corrected chi connectivity index (χ3v) is 7.04. The van der Waals surface area contributed by atoms with Crippen LogP contribution < -0.4 is 20.9 Å². The van der Waals surface area contributed by atoms with Crippen molar-refractivity contribution in [3.8, 4) is 0 Å². The van der Waals surface area contributed by atoms with Gasteiger partial charge in [-0.2, -0.15) is 5.21 Å². The number of carbonyl (C=O) groups is 6. The van der Waals surface area contributed by atoms with Gasteiger partial charge >= 0.3 is 11.9 Å². The number of aromatic nitrogens is 5. The normalized spacial score (nSPS) is 16.0. The second-order valence-corrected chi connectivity index (χ2v) is 10.1. The number of aromatic amines is 1. The van der Waals surface area contributed by atoms with Crippen molar-refractivity contribution in [2.75, 3.05) is 11.4 Å². The van der Waals surface area contributed by atoms with Crippen LogP contribution in [0, 0.1) is 5.92 Å². The Kier molecular flexibility index (Phi) is 11.6. The summed E-state index contributed by atoms with van der Waals surface area (Å²) in [5, 5.41) is 39.5. The number of hydrogen-bond acceptors (Lipinski definition) is 10. The van der Waals surface area contributed by atoms with E-state index >= 15 is 0 Å². The standard InChI is InChI=1S/C26H35N9O8/c1-3-14(2)22(30-19(36)7-9-21(39)40)25(42)29-16(6-8-20(37)38)26(43)35-17(13-15-5-4-11-27-23(15)35)24(41)28-12-10-18-31-33-34-32-18/h4-5,11,14,16-17,22H,3,6-10,12-13H2,1-2H3,(H,28,41)(H,29,42)(H,30,36)(H,37,38)(H,39,40)(H,31,32,33,34)/t14-,16-,17-,22-/m0/s1. The fourth-order valence-corrected chi connectivity index (χ4v) is 4.55. The maximum atomic E-state index is 14.0. The molecule has 4 atom stereocenters. The summed E-state index contributed by atoms with van der Waals surface area (Å²) >= 11 is 0. The van der Waals surface area contributed by atoms with Gasteiger partial charge in [0.1, 0.15) is 23.9 Å². The van der Waals surface area contributed by atoms with Crippen molar-refractivity contribution in [1.82, 2.24) is 41.6 Å². The molecule has 0 spiro atoms. The minimum absolute atomic E-state index is 0.137. The Balaban J connectivity index is 1.83. The van der Waals surface area contributed by atoms with Crippen LogP contribution in [0.5, 0.6) is 0 Å². The summed E-state index contributed by atoms with van der Waals surface area (Å²) in [5.74, 6) is -4.85. The molecular weight excluding hydrogens is 566 g/mol. The van der Waals surface area contributed by atoms with Crippen LogP contribution in [0.4, 0.5) is 5.82 Å². The molecule has 0 aliphatic carbocycles. The average Bonchev–Trinajstić information content (AvgIpc) is 3.64. The first kappa shape index (κ1) is 32.6. The highest BCUT2D eigenvalue weighted by Crippen LogP contribution is 2.31. The highest BCUT2D eigenvalue weighted by Gasteiger charge is 2.42. The molecule has 6 N–H and O–H groups in total. The number of carbonyl (C=O) groups excluding carboxylic acids is 4. The first-order chi connectivity index (χ1) is 20.5. The molecule has 2 aromatic heterocycles. The summed E-state index contributed by atoms with van der Waals surface area (Å²) in [5.41, 5.74) is 0.612. The predicted octanol–water partition coefficient (Wildman–Crippen LogP) is -1.04. The lowest BCUT2D eigenvalue weighted by Crippen LogP contribution is -2.58. The molecule has 0 fully saturated rings. The largest absolute Gasteiger partial charge is 0.481 e. The molecule has 1 aliphatic rings. The highest BCUT2D eigenvalue weighted by atomic mass is 16.4. The van der Waals surface area contributed by atoms with Gasteiger partial charge in [-0.15, -0.1) is 10.2 Å². The Morgan fingerprint density at radius 3 is 2.49 bits per heavy atom. The number of nitrogens with zero attached hydrogens (tertiary/aromatic N) is 5. The quantitative estimate of drug-likeness (QED) is 0.135. The van der Waals surface area contributed by atoms with E-state index in [0.717, 1.165) is 4.90 Å². The maximum absolute atomic E-state index is 14.0. The first-order valence-corrected chi connectivity index (χ1v) is 13.8. The Labute approximate surface area is 246 Å². The van der Waals surface area contributed by atoms with Crippen LogP contribution in [0.3, 0.4) is 0 Å². The minimum atomic E-state index is -1.38. The van der Waals surface area contributed by atoms with Gasteiger partial charge in [0.25, 0.3) is 5.91 Å². The lowest BCUT2D eigenvalue weighted by Gasteiger charge is -2.30. The summed E-state index contributed by atoms with van der Waals surface area (Å²) in [6.07, 6.45) is 0.771. The lowest BCUT2D eigenvalue weighted by atomic mass is 9.97. The number of pyridine rings is 1. The molecule has 2 aromatic rings. The van der Waals surface area contributed by atoms with E-state index in [1.54, 1.807) is 26.0 Å². The van der Waals surface area contributed by atoms with E-state index < -0.39 is 72.5 Å². The van der Waals surface area contributed by atoms with E-state index in [1.165, 1.54) is 6.20 Å². The summed E-state index contributed by atoms with van der Waals surface area (Å²) in [6, 6.07) is -0.168. The molecule has 17 heteroatoms. The van der Waals surface area contributed by atoms with Gasteiger partial charge in [0, 0.05) is 38.4 Å². The number of carboxylic acid groups (broad SMARTS) is 2. The number of H-pyrrole nitrogens is 1. The zero-order valence-electron chi connectivity index (χ0n) is 23.8. The Morgan fingerprint density at radius 2 is 1.84 bits per heavy atom. The lowest BCUT2D eigenvalue weighted by molar-refractivity contribution is -0.140. The first-order valence-electron chi connectivity index (χ1n) is 13.8. The third kappa shape index (κ3) is 9.01. The topological polar surface area (TPSA) is 250 Å². The maximum Gasteiger partial charge on any atom is 0.303 e. The molecule has 0 bridgehead atoms. The zero-order chi connectivity index (χ0) is 31.5. The smallest absolute Gasteiger partial charge is 0.303 e. The van der Waals surface area contributed by atoms with E-state index in [4.69, 9.17) is 5.11 Å². The Bertz CT molecular complexity index is 1320. The second kappa shape index (κ2) is 15.3. The van der Waals surface area contributed by atoms with E-state index in [-0.39, 0.29) is 38.0 Å². The summed E-state index contributed by atoms with van der Waals surface area (Å²) in [6.45, 7) is 3.64. The number of rotatable bonds is 16. The van der Waals surface area contributed by atoms with Crippen molar-refractivity contribution >= 4 is 41.4 Å². The van der Waals surface area contributed by atoms with Gasteiger partial charge in [-0.1, -0.05) is 31.5 Å². The van der Waals surface area contributed by atoms with E-state index in [9.17, 15) is 33.9 Å². The number of amides is 4. The third-order valence-electron chi connectivity index (χ3n) is 7.04. The van der Waals surface area contributed by atoms with Crippen LogP contribution in [0.25, 0.3) is 0 Å². The molecular formula is C26H35N9O8. The van der Waals surface area contributed by atoms with Gasteiger partial charge < -0.3 is 26.2 Å². The summed E-state index contributed by atoms with van der Waals surface area (Å²) in [7, 11) is 0. The highest BCUT2D eigenvalue weighted by molar-refractivity contribution is 6.06. The fraction of sp³-hybridized carbons (Fsp3) is 0.538. The monoisotopic (exact) mass is 601 g/mol. The molecule has 17 nitrogen and oxygen atoms in total. The van der Waals surface area contributed by atoms with Gasteiger partial charge in [0.05, 0.1) is 6.42 Å². The van der Waals surface area contributed by atoms with Crippen LogP contribution in [-0.4, -0.2) is 96.1 Å². The molecule has 3 heterocycles. The van der Waals surface area contributed by atoms with Gasteiger partial charge in [0.15, 0.2) is 5.82 Å². The Hall–Kier alpha value is -4.96. The van der Waals surface area contributed by atoms with Crippen LogP contribution in [0.1, 0.15) is 57.3 Å². The number of nitrogens with one attached hydrogen (secondary N) is 4. The number of tetrazole rings is 1. The molecule has 4 amide bonds. The van der Waals surface area contributed by atoms with E-state index in [2.05, 4.69) is 41.6 Å². The fourth-order valence-electron chi connectivity index (χ4n) is 4.55. The molecule has 0 unspecified atom stereocenters. The van der Waals surface area contributed by atoms with Crippen molar-refractivity contribution < 1.29 is 39.0 Å².